The van der Waals surface area contributed by atoms with E-state index in [1.54, 1.807) is 12.0 Å². The lowest BCUT2D eigenvalue weighted by Crippen LogP contribution is -2.35. The van der Waals surface area contributed by atoms with E-state index >= 15 is 0 Å². The van der Waals surface area contributed by atoms with Crippen molar-refractivity contribution in [2.24, 2.45) is 0 Å². The standard InChI is InChI=1S/C15H19NO4/c1-19-12-6-5-11-4-3-9-16(13(11)10-12)14(17)7-8-15(18)20-2/h5-6,10H,3-4,7-9H2,1-2H3. The molecule has 0 N–H and O–H groups in total. The van der Waals surface area contributed by atoms with Crippen molar-refractivity contribution in [3.63, 3.8) is 0 Å². The molecule has 1 aromatic rings. The molecular formula is C15H19NO4. The number of aryl methyl sites for hydroxylation is 1. The Morgan fingerprint density at radius 1 is 1.25 bits per heavy atom. The molecule has 0 atom stereocenters. The van der Waals surface area contributed by atoms with E-state index in [1.807, 2.05) is 18.2 Å². The summed E-state index contributed by atoms with van der Waals surface area (Å²) >= 11 is 0. The third-order valence-corrected chi connectivity index (χ3v) is 3.48. The van der Waals surface area contributed by atoms with Gasteiger partial charge in [-0.1, -0.05) is 6.07 Å². The maximum absolute atomic E-state index is 12.3. The van der Waals surface area contributed by atoms with E-state index in [2.05, 4.69) is 4.74 Å². The predicted molar refractivity (Wildman–Crippen MR) is 74.9 cm³/mol. The van der Waals surface area contributed by atoms with Gasteiger partial charge in [0, 0.05) is 19.0 Å². The van der Waals surface area contributed by atoms with E-state index in [4.69, 9.17) is 4.74 Å². The SMILES string of the molecule is COC(=O)CCC(=O)N1CCCc2ccc(OC)cc21. The van der Waals surface area contributed by atoms with Crippen LogP contribution in [0.4, 0.5) is 5.69 Å². The fourth-order valence-electron chi connectivity index (χ4n) is 2.39. The van der Waals surface area contributed by atoms with Gasteiger partial charge in [0.15, 0.2) is 0 Å². The molecule has 5 heteroatoms. The van der Waals surface area contributed by atoms with Gasteiger partial charge in [0.25, 0.3) is 0 Å². The van der Waals surface area contributed by atoms with Crippen LogP contribution in [0.1, 0.15) is 24.8 Å². The van der Waals surface area contributed by atoms with Crippen LogP contribution in [-0.4, -0.2) is 32.6 Å². The molecule has 5 nitrogen and oxygen atoms in total. The van der Waals surface area contributed by atoms with Crippen LogP contribution in [0.3, 0.4) is 0 Å². The molecular weight excluding hydrogens is 258 g/mol. The largest absolute Gasteiger partial charge is 0.497 e. The minimum absolute atomic E-state index is 0.0513. The molecule has 1 heterocycles. The van der Waals surface area contributed by atoms with Crippen LogP contribution in [0, 0.1) is 0 Å². The number of ether oxygens (including phenoxy) is 2. The van der Waals surface area contributed by atoms with Gasteiger partial charge in [-0.3, -0.25) is 9.59 Å². The summed E-state index contributed by atoms with van der Waals surface area (Å²) in [6.07, 6.45) is 2.18. The van der Waals surface area contributed by atoms with Gasteiger partial charge in [-0.25, -0.2) is 0 Å². The number of esters is 1. The third-order valence-electron chi connectivity index (χ3n) is 3.48. The monoisotopic (exact) mass is 277 g/mol. The van der Waals surface area contributed by atoms with Crippen LogP contribution in [0.2, 0.25) is 0 Å². The van der Waals surface area contributed by atoms with Crippen LogP contribution in [0.25, 0.3) is 0 Å². The second-order valence-corrected chi connectivity index (χ2v) is 4.72. The van der Waals surface area contributed by atoms with Gasteiger partial charge in [0.2, 0.25) is 5.91 Å². The van der Waals surface area contributed by atoms with E-state index in [9.17, 15) is 9.59 Å². The van der Waals surface area contributed by atoms with Crippen LogP contribution in [0.5, 0.6) is 5.75 Å². The predicted octanol–water partition coefficient (Wildman–Crippen LogP) is 1.93. The first kappa shape index (κ1) is 14.4. The Hall–Kier alpha value is -2.04. The Bertz CT molecular complexity index is 513. The Kier molecular flexibility index (Phi) is 4.61. The van der Waals surface area contributed by atoms with Crippen molar-refractivity contribution in [2.75, 3.05) is 25.7 Å². The average molecular weight is 277 g/mol. The molecule has 108 valence electrons. The molecule has 0 spiro atoms. The highest BCUT2D eigenvalue weighted by molar-refractivity contribution is 5.96. The fourth-order valence-corrected chi connectivity index (χ4v) is 2.39. The van der Waals surface area contributed by atoms with Crippen LogP contribution in [0.15, 0.2) is 18.2 Å². The minimum atomic E-state index is -0.360. The zero-order valence-corrected chi connectivity index (χ0v) is 11.8. The lowest BCUT2D eigenvalue weighted by molar-refractivity contribution is -0.141. The van der Waals surface area contributed by atoms with E-state index in [0.29, 0.717) is 6.54 Å². The average Bonchev–Trinajstić information content (AvgIpc) is 2.50. The highest BCUT2D eigenvalue weighted by Gasteiger charge is 2.23. The molecule has 2 rings (SSSR count). The summed E-state index contributed by atoms with van der Waals surface area (Å²) in [5, 5.41) is 0. The molecule has 20 heavy (non-hydrogen) atoms. The van der Waals surface area contributed by atoms with E-state index in [-0.39, 0.29) is 24.7 Å². The third kappa shape index (κ3) is 3.10. The normalized spacial score (nSPS) is 13.6. The van der Waals surface area contributed by atoms with Crippen LogP contribution >= 0.6 is 0 Å². The zero-order valence-electron chi connectivity index (χ0n) is 11.8. The van der Waals surface area contributed by atoms with Crippen molar-refractivity contribution in [3.05, 3.63) is 23.8 Å². The number of fused-ring (bicyclic) bond motifs is 1. The van der Waals surface area contributed by atoms with E-state index in [0.717, 1.165) is 29.8 Å². The second-order valence-electron chi connectivity index (χ2n) is 4.72. The maximum atomic E-state index is 12.3. The number of hydrogen-bond donors (Lipinski definition) is 0. The number of nitrogens with zero attached hydrogens (tertiary/aromatic N) is 1. The van der Waals surface area contributed by atoms with Gasteiger partial charge >= 0.3 is 5.97 Å². The Balaban J connectivity index is 2.14. The lowest BCUT2D eigenvalue weighted by Gasteiger charge is -2.29. The quantitative estimate of drug-likeness (QED) is 0.789. The highest BCUT2D eigenvalue weighted by atomic mass is 16.5. The summed E-state index contributed by atoms with van der Waals surface area (Å²) in [5.74, 6) is 0.322. The molecule has 1 aliphatic heterocycles. The topological polar surface area (TPSA) is 55.8 Å². The summed E-state index contributed by atoms with van der Waals surface area (Å²) in [6.45, 7) is 0.681. The summed E-state index contributed by atoms with van der Waals surface area (Å²) in [6, 6.07) is 5.78. The number of methoxy groups -OCH3 is 2. The van der Waals surface area contributed by atoms with Crippen molar-refractivity contribution < 1.29 is 19.1 Å². The summed E-state index contributed by atoms with van der Waals surface area (Å²) in [7, 11) is 2.93. The molecule has 0 saturated heterocycles. The summed E-state index contributed by atoms with van der Waals surface area (Å²) < 4.78 is 9.78. The molecule has 1 aromatic carbocycles. The Labute approximate surface area is 118 Å². The summed E-state index contributed by atoms with van der Waals surface area (Å²) in [5.41, 5.74) is 2.04. The van der Waals surface area contributed by atoms with Crippen molar-refractivity contribution >= 4 is 17.6 Å². The highest BCUT2D eigenvalue weighted by Crippen LogP contribution is 2.31. The number of carbonyl (C=O) groups is 2. The molecule has 1 amide bonds. The van der Waals surface area contributed by atoms with Crippen LogP contribution in [-0.2, 0) is 20.7 Å². The molecule has 1 aliphatic rings. The number of hydrogen-bond acceptors (Lipinski definition) is 4. The molecule has 0 aromatic heterocycles. The lowest BCUT2D eigenvalue weighted by atomic mass is 10.0. The van der Waals surface area contributed by atoms with Crippen LogP contribution < -0.4 is 9.64 Å². The van der Waals surface area contributed by atoms with Gasteiger partial charge in [0.05, 0.1) is 26.3 Å². The number of rotatable bonds is 4. The van der Waals surface area contributed by atoms with Gasteiger partial charge in [-0.15, -0.1) is 0 Å². The number of anilines is 1. The first-order valence-electron chi connectivity index (χ1n) is 6.70. The zero-order chi connectivity index (χ0) is 14.5. The first-order chi connectivity index (χ1) is 9.65. The van der Waals surface area contributed by atoms with Crippen molar-refractivity contribution in [1.82, 2.24) is 0 Å². The first-order valence-corrected chi connectivity index (χ1v) is 6.70. The van der Waals surface area contributed by atoms with E-state index < -0.39 is 0 Å². The van der Waals surface area contributed by atoms with E-state index in [1.165, 1.54) is 7.11 Å². The number of carbonyl (C=O) groups excluding carboxylic acids is 2. The fraction of sp³-hybridized carbons (Fsp3) is 0.467. The summed E-state index contributed by atoms with van der Waals surface area (Å²) in [4.78, 5) is 25.1. The molecule has 0 fully saturated rings. The van der Waals surface area contributed by atoms with Crippen molar-refractivity contribution in [1.29, 1.82) is 0 Å². The Morgan fingerprint density at radius 3 is 2.75 bits per heavy atom. The van der Waals surface area contributed by atoms with Crippen molar-refractivity contribution in [2.45, 2.75) is 25.7 Å². The smallest absolute Gasteiger partial charge is 0.306 e. The maximum Gasteiger partial charge on any atom is 0.306 e. The minimum Gasteiger partial charge on any atom is -0.497 e. The molecule has 0 unspecified atom stereocenters. The molecule has 0 bridgehead atoms. The molecule has 0 saturated carbocycles. The number of amides is 1. The van der Waals surface area contributed by atoms with Gasteiger partial charge in [0.1, 0.15) is 5.75 Å². The number of benzene rings is 1. The molecule has 0 radical (unpaired) electrons. The second kappa shape index (κ2) is 6.41. The molecule has 0 aliphatic carbocycles. The van der Waals surface area contributed by atoms with Gasteiger partial charge in [-0.2, -0.15) is 0 Å². The van der Waals surface area contributed by atoms with Crippen molar-refractivity contribution in [3.8, 4) is 5.75 Å². The Morgan fingerprint density at radius 2 is 2.05 bits per heavy atom. The van der Waals surface area contributed by atoms with Gasteiger partial charge < -0.3 is 14.4 Å². The van der Waals surface area contributed by atoms with Gasteiger partial charge in [-0.05, 0) is 24.5 Å².